The van der Waals surface area contributed by atoms with Crippen molar-refractivity contribution in [1.82, 2.24) is 10.00 Å². The molecule has 0 aliphatic heterocycles. The van der Waals surface area contributed by atoms with Crippen molar-refractivity contribution < 1.29 is 9.48 Å². The lowest BCUT2D eigenvalue weighted by Gasteiger charge is -2.06. The minimum absolute atomic E-state index is 0.0483. The Morgan fingerprint density at radius 2 is 1.92 bits per heavy atom. The summed E-state index contributed by atoms with van der Waals surface area (Å²) in [6.07, 6.45) is 1.04. The number of aromatic amines is 1. The maximum absolute atomic E-state index is 12.1. The van der Waals surface area contributed by atoms with Crippen LogP contribution >= 0.6 is 11.3 Å². The van der Waals surface area contributed by atoms with Gasteiger partial charge >= 0.3 is 0 Å². The first-order chi connectivity index (χ1) is 11.6. The SMILES string of the molecule is CCC[n+]1[nH]c(-c2ccccc2)cc1-c1ccc(C(=O)N(C)C)s1. The van der Waals surface area contributed by atoms with Gasteiger partial charge in [-0.15, -0.1) is 16.0 Å². The van der Waals surface area contributed by atoms with Crippen molar-refractivity contribution in [2.45, 2.75) is 19.9 Å². The Morgan fingerprint density at radius 1 is 1.17 bits per heavy atom. The standard InChI is InChI=1S/C19H21N3OS/c1-4-12-22-16(13-15(20-22)14-8-6-5-7-9-14)17-10-11-18(24-17)19(23)21(2)3/h5-11,13H,4,12H2,1-3H3/p+1. The lowest BCUT2D eigenvalue weighted by molar-refractivity contribution is -0.739. The van der Waals surface area contributed by atoms with Crippen molar-refractivity contribution in [3.05, 3.63) is 53.4 Å². The molecule has 3 aromatic rings. The summed E-state index contributed by atoms with van der Waals surface area (Å²) in [6, 6.07) is 16.4. The highest BCUT2D eigenvalue weighted by molar-refractivity contribution is 7.17. The third kappa shape index (κ3) is 3.26. The second-order valence-corrected chi connectivity index (χ2v) is 7.02. The summed E-state index contributed by atoms with van der Waals surface area (Å²) in [6.45, 7) is 3.08. The summed E-state index contributed by atoms with van der Waals surface area (Å²) in [5.41, 5.74) is 3.38. The maximum Gasteiger partial charge on any atom is 0.263 e. The second-order valence-electron chi connectivity index (χ2n) is 5.94. The molecule has 2 heterocycles. The van der Waals surface area contributed by atoms with Crippen LogP contribution in [0.15, 0.2) is 48.5 Å². The number of nitrogens with one attached hydrogen (secondary N) is 1. The fourth-order valence-electron chi connectivity index (χ4n) is 2.63. The van der Waals surface area contributed by atoms with Gasteiger partial charge in [-0.25, -0.2) is 0 Å². The lowest BCUT2D eigenvalue weighted by Crippen LogP contribution is -2.37. The van der Waals surface area contributed by atoms with E-state index in [0.717, 1.165) is 39.7 Å². The molecule has 1 N–H and O–H groups in total. The van der Waals surface area contributed by atoms with Gasteiger partial charge in [-0.3, -0.25) is 4.79 Å². The van der Waals surface area contributed by atoms with Crippen LogP contribution in [0.25, 0.3) is 21.8 Å². The Balaban J connectivity index is 2.01. The van der Waals surface area contributed by atoms with E-state index in [9.17, 15) is 4.79 Å². The molecule has 0 bridgehead atoms. The van der Waals surface area contributed by atoms with Crippen LogP contribution in [0.3, 0.4) is 0 Å². The molecule has 5 heteroatoms. The van der Waals surface area contributed by atoms with Crippen LogP contribution in [0.5, 0.6) is 0 Å². The van der Waals surface area contributed by atoms with E-state index in [0.29, 0.717) is 0 Å². The van der Waals surface area contributed by atoms with Crippen molar-refractivity contribution in [3.63, 3.8) is 0 Å². The normalized spacial score (nSPS) is 10.8. The summed E-state index contributed by atoms with van der Waals surface area (Å²) in [5, 5.41) is 3.49. The number of carbonyl (C=O) groups is 1. The summed E-state index contributed by atoms with van der Waals surface area (Å²) < 4.78 is 2.16. The van der Waals surface area contributed by atoms with Crippen LogP contribution in [0.4, 0.5) is 0 Å². The van der Waals surface area contributed by atoms with E-state index < -0.39 is 0 Å². The van der Waals surface area contributed by atoms with Crippen LogP contribution in [0, 0.1) is 0 Å². The number of hydrogen-bond donors (Lipinski definition) is 1. The quantitative estimate of drug-likeness (QED) is 0.705. The van der Waals surface area contributed by atoms with Crippen molar-refractivity contribution in [2.75, 3.05) is 14.1 Å². The van der Waals surface area contributed by atoms with E-state index in [-0.39, 0.29) is 5.91 Å². The number of rotatable bonds is 5. The van der Waals surface area contributed by atoms with Crippen LogP contribution in [0.1, 0.15) is 23.0 Å². The highest BCUT2D eigenvalue weighted by Crippen LogP contribution is 2.29. The molecule has 0 aliphatic rings. The summed E-state index contributed by atoms with van der Waals surface area (Å²) in [5.74, 6) is 0.0483. The minimum atomic E-state index is 0.0483. The molecule has 1 aromatic carbocycles. The van der Waals surface area contributed by atoms with E-state index in [2.05, 4.69) is 34.9 Å². The van der Waals surface area contributed by atoms with E-state index in [1.165, 1.54) is 11.3 Å². The number of H-pyrrole nitrogens is 1. The van der Waals surface area contributed by atoms with Crippen LogP contribution < -0.4 is 4.68 Å². The van der Waals surface area contributed by atoms with Gasteiger partial charge in [0.05, 0.1) is 4.88 Å². The van der Waals surface area contributed by atoms with Crippen LogP contribution in [-0.2, 0) is 6.54 Å². The molecule has 0 radical (unpaired) electrons. The van der Waals surface area contributed by atoms with Crippen molar-refractivity contribution in [2.24, 2.45) is 0 Å². The predicted octanol–water partition coefficient (Wildman–Crippen LogP) is 3.81. The molecule has 0 saturated carbocycles. The van der Waals surface area contributed by atoms with Crippen molar-refractivity contribution >= 4 is 17.2 Å². The van der Waals surface area contributed by atoms with Gasteiger partial charge in [-0.2, -0.15) is 5.10 Å². The Kier molecular flexibility index (Phi) is 4.81. The van der Waals surface area contributed by atoms with E-state index in [1.54, 1.807) is 19.0 Å². The topological polar surface area (TPSA) is 40.0 Å². The van der Waals surface area contributed by atoms with Gasteiger partial charge in [-0.05, 0) is 12.1 Å². The van der Waals surface area contributed by atoms with Crippen molar-refractivity contribution in [1.29, 1.82) is 0 Å². The zero-order valence-electron chi connectivity index (χ0n) is 14.2. The number of carbonyl (C=O) groups excluding carboxylic acids is 1. The number of amides is 1. The lowest BCUT2D eigenvalue weighted by atomic mass is 10.1. The zero-order valence-corrected chi connectivity index (χ0v) is 15.1. The molecule has 0 fully saturated rings. The molecule has 24 heavy (non-hydrogen) atoms. The summed E-state index contributed by atoms with van der Waals surface area (Å²) in [7, 11) is 3.56. The average molecular weight is 340 g/mol. The monoisotopic (exact) mass is 340 g/mol. The second kappa shape index (κ2) is 7.01. The third-order valence-corrected chi connectivity index (χ3v) is 4.93. The first kappa shape index (κ1) is 16.5. The van der Waals surface area contributed by atoms with Crippen LogP contribution in [-0.4, -0.2) is 30.0 Å². The molecule has 4 nitrogen and oxygen atoms in total. The van der Waals surface area contributed by atoms with Gasteiger partial charge in [0.25, 0.3) is 5.91 Å². The van der Waals surface area contributed by atoms with E-state index in [4.69, 9.17) is 0 Å². The Labute approximate surface area is 146 Å². The molecule has 0 spiro atoms. The van der Waals surface area contributed by atoms with Gasteiger partial charge in [0.15, 0.2) is 6.54 Å². The Bertz CT molecular complexity index is 833. The molecular formula is C19H22N3OS+. The number of aryl methyl sites for hydroxylation is 1. The predicted molar refractivity (Wildman–Crippen MR) is 98.0 cm³/mol. The van der Waals surface area contributed by atoms with Gasteiger partial charge in [0, 0.05) is 32.1 Å². The maximum atomic E-state index is 12.1. The first-order valence-corrected chi connectivity index (χ1v) is 8.92. The fraction of sp³-hybridized carbons (Fsp3) is 0.263. The molecule has 124 valence electrons. The highest BCUT2D eigenvalue weighted by Gasteiger charge is 2.22. The van der Waals surface area contributed by atoms with Gasteiger partial charge < -0.3 is 4.90 Å². The van der Waals surface area contributed by atoms with Crippen LogP contribution in [0.2, 0.25) is 0 Å². The van der Waals surface area contributed by atoms with E-state index >= 15 is 0 Å². The molecule has 2 aromatic heterocycles. The fourth-order valence-corrected chi connectivity index (χ4v) is 3.69. The molecular weight excluding hydrogens is 318 g/mol. The van der Waals surface area contributed by atoms with Crippen molar-refractivity contribution in [3.8, 4) is 21.8 Å². The Morgan fingerprint density at radius 3 is 2.58 bits per heavy atom. The van der Waals surface area contributed by atoms with Gasteiger partial charge in [0.2, 0.25) is 5.69 Å². The minimum Gasteiger partial charge on any atom is -0.344 e. The average Bonchev–Trinajstić information content (AvgIpc) is 3.22. The molecule has 0 atom stereocenters. The molecule has 0 unspecified atom stereocenters. The number of nitrogens with zero attached hydrogens (tertiary/aromatic N) is 2. The smallest absolute Gasteiger partial charge is 0.263 e. The third-order valence-electron chi connectivity index (χ3n) is 3.83. The highest BCUT2D eigenvalue weighted by atomic mass is 32.1. The molecule has 1 amide bonds. The molecule has 0 saturated heterocycles. The largest absolute Gasteiger partial charge is 0.344 e. The molecule has 3 rings (SSSR count). The summed E-state index contributed by atoms with van der Waals surface area (Å²) >= 11 is 1.54. The zero-order chi connectivity index (χ0) is 17.1. The number of hydrogen-bond acceptors (Lipinski definition) is 2. The number of thiophene rings is 1. The van der Waals surface area contributed by atoms with E-state index in [1.807, 2.05) is 30.3 Å². The first-order valence-electron chi connectivity index (χ1n) is 8.10. The van der Waals surface area contributed by atoms with Gasteiger partial charge in [-0.1, -0.05) is 37.3 Å². The molecule has 0 aliphatic carbocycles. The van der Waals surface area contributed by atoms with Gasteiger partial charge in [0.1, 0.15) is 10.6 Å². The summed E-state index contributed by atoms with van der Waals surface area (Å²) in [4.78, 5) is 15.6. The number of aromatic nitrogens is 2. The Hall–Kier alpha value is -2.40. The number of benzene rings is 1.